The summed E-state index contributed by atoms with van der Waals surface area (Å²) in [5.74, 6) is 0.710. The SMILES string of the molecule is NC1CC2CCCC(C1)C2NC(=O)C1(c2cccc(F)c2)CCOCC1. The van der Waals surface area contributed by atoms with E-state index in [-0.39, 0.29) is 23.8 Å². The van der Waals surface area contributed by atoms with E-state index in [9.17, 15) is 9.18 Å². The van der Waals surface area contributed by atoms with Crippen LogP contribution in [0.4, 0.5) is 4.39 Å². The average molecular weight is 360 g/mol. The molecule has 2 atom stereocenters. The predicted octanol–water partition coefficient (Wildman–Crippen LogP) is 2.90. The van der Waals surface area contributed by atoms with Crippen molar-refractivity contribution in [2.45, 2.75) is 62.4 Å². The van der Waals surface area contributed by atoms with Gasteiger partial charge in [0.05, 0.1) is 5.41 Å². The van der Waals surface area contributed by atoms with Crippen LogP contribution in [0.2, 0.25) is 0 Å². The number of hydrogen-bond acceptors (Lipinski definition) is 3. The molecule has 3 aliphatic rings. The first-order chi connectivity index (χ1) is 12.6. The number of carbonyl (C=O) groups excluding carboxylic acids is 1. The first-order valence-corrected chi connectivity index (χ1v) is 9.99. The van der Waals surface area contributed by atoms with E-state index < -0.39 is 5.41 Å². The van der Waals surface area contributed by atoms with Crippen molar-refractivity contribution in [1.29, 1.82) is 0 Å². The van der Waals surface area contributed by atoms with Gasteiger partial charge in [-0.05, 0) is 68.1 Å². The second-order valence-electron chi connectivity index (χ2n) is 8.39. The molecule has 0 radical (unpaired) electrons. The number of nitrogens with two attached hydrogens (primary N) is 1. The number of amides is 1. The molecular weight excluding hydrogens is 331 g/mol. The van der Waals surface area contributed by atoms with Crippen LogP contribution in [0, 0.1) is 17.7 Å². The lowest BCUT2D eigenvalue weighted by Gasteiger charge is -2.47. The zero-order valence-corrected chi connectivity index (χ0v) is 15.3. The number of carbonyl (C=O) groups is 1. The molecule has 3 fully saturated rings. The smallest absolute Gasteiger partial charge is 0.231 e. The molecule has 2 bridgehead atoms. The van der Waals surface area contributed by atoms with Gasteiger partial charge in [0.15, 0.2) is 0 Å². The van der Waals surface area contributed by atoms with Crippen LogP contribution in [0.25, 0.3) is 0 Å². The largest absolute Gasteiger partial charge is 0.381 e. The third-order valence-corrected chi connectivity index (χ3v) is 6.83. The Morgan fingerprint density at radius 1 is 1.19 bits per heavy atom. The Hall–Kier alpha value is -1.46. The number of rotatable bonds is 3. The van der Waals surface area contributed by atoms with E-state index >= 15 is 0 Å². The maximum absolute atomic E-state index is 13.9. The lowest BCUT2D eigenvalue weighted by atomic mass is 9.66. The molecule has 4 rings (SSSR count). The highest BCUT2D eigenvalue weighted by Crippen LogP contribution is 2.41. The second-order valence-corrected chi connectivity index (χ2v) is 8.39. The summed E-state index contributed by atoms with van der Waals surface area (Å²) in [7, 11) is 0. The molecule has 2 unspecified atom stereocenters. The topological polar surface area (TPSA) is 64.3 Å². The van der Waals surface area contributed by atoms with Crippen molar-refractivity contribution in [2.24, 2.45) is 17.6 Å². The highest BCUT2D eigenvalue weighted by Gasteiger charge is 2.46. The molecule has 1 aliphatic heterocycles. The first kappa shape index (κ1) is 17.9. The molecule has 2 aliphatic carbocycles. The molecule has 1 saturated heterocycles. The van der Waals surface area contributed by atoms with Crippen molar-refractivity contribution in [2.75, 3.05) is 13.2 Å². The van der Waals surface area contributed by atoms with E-state index in [1.807, 2.05) is 6.07 Å². The van der Waals surface area contributed by atoms with Crippen LogP contribution in [0.1, 0.15) is 50.5 Å². The van der Waals surface area contributed by atoms with Crippen molar-refractivity contribution in [3.8, 4) is 0 Å². The standard InChI is InChI=1S/C21H29FN2O2/c22-17-6-2-5-16(13-17)21(7-9-26-10-8-21)20(25)24-19-14-3-1-4-15(19)12-18(23)11-14/h2,5-6,13-15,18-19H,1,3-4,7-12,23H2,(H,24,25). The van der Waals surface area contributed by atoms with E-state index in [0.29, 0.717) is 37.9 Å². The Labute approximate surface area is 154 Å². The monoisotopic (exact) mass is 360 g/mol. The zero-order valence-electron chi connectivity index (χ0n) is 15.3. The van der Waals surface area contributed by atoms with Crippen molar-refractivity contribution >= 4 is 5.91 Å². The van der Waals surface area contributed by atoms with E-state index in [4.69, 9.17) is 10.5 Å². The number of hydrogen-bond donors (Lipinski definition) is 2. The van der Waals surface area contributed by atoms with Gasteiger partial charge in [-0.15, -0.1) is 0 Å². The minimum atomic E-state index is -0.686. The number of benzene rings is 1. The van der Waals surface area contributed by atoms with Crippen LogP contribution in [0.5, 0.6) is 0 Å². The molecule has 1 aromatic carbocycles. The van der Waals surface area contributed by atoms with Crippen LogP contribution in [0.3, 0.4) is 0 Å². The third-order valence-electron chi connectivity index (χ3n) is 6.83. The van der Waals surface area contributed by atoms with E-state index in [0.717, 1.165) is 31.2 Å². The maximum Gasteiger partial charge on any atom is 0.231 e. The quantitative estimate of drug-likeness (QED) is 0.871. The van der Waals surface area contributed by atoms with Gasteiger partial charge in [0.1, 0.15) is 5.82 Å². The van der Waals surface area contributed by atoms with Crippen LogP contribution >= 0.6 is 0 Å². The fourth-order valence-electron chi connectivity index (χ4n) is 5.47. The van der Waals surface area contributed by atoms with Gasteiger partial charge < -0.3 is 15.8 Å². The fraction of sp³-hybridized carbons (Fsp3) is 0.667. The minimum Gasteiger partial charge on any atom is -0.381 e. The summed E-state index contributed by atoms with van der Waals surface area (Å²) < 4.78 is 19.4. The summed E-state index contributed by atoms with van der Waals surface area (Å²) in [6.07, 6.45) is 6.72. The third kappa shape index (κ3) is 3.27. The molecule has 2 saturated carbocycles. The van der Waals surface area contributed by atoms with E-state index in [1.54, 1.807) is 6.07 Å². The molecule has 142 valence electrons. The summed E-state index contributed by atoms with van der Waals surface area (Å²) in [5, 5.41) is 3.40. The minimum absolute atomic E-state index is 0.0452. The molecule has 5 heteroatoms. The van der Waals surface area contributed by atoms with Crippen LogP contribution < -0.4 is 11.1 Å². The van der Waals surface area contributed by atoms with Crippen LogP contribution in [-0.4, -0.2) is 31.2 Å². The Bertz CT molecular complexity index is 645. The fourth-order valence-corrected chi connectivity index (χ4v) is 5.47. The van der Waals surface area contributed by atoms with Crippen LogP contribution in [0.15, 0.2) is 24.3 Å². The molecule has 0 aromatic heterocycles. The van der Waals surface area contributed by atoms with Gasteiger partial charge in [-0.1, -0.05) is 18.6 Å². The summed E-state index contributed by atoms with van der Waals surface area (Å²) in [5.41, 5.74) is 6.31. The summed E-state index contributed by atoms with van der Waals surface area (Å²) in [6.45, 7) is 1.07. The Balaban J connectivity index is 1.59. The Morgan fingerprint density at radius 2 is 1.88 bits per heavy atom. The van der Waals surface area contributed by atoms with Gasteiger partial charge in [-0.25, -0.2) is 4.39 Å². The Kier molecular flexibility index (Phi) is 5.02. The summed E-state index contributed by atoms with van der Waals surface area (Å²) >= 11 is 0. The molecule has 1 amide bonds. The molecule has 1 aromatic rings. The van der Waals surface area contributed by atoms with Gasteiger partial charge in [0, 0.05) is 25.3 Å². The number of halogens is 1. The van der Waals surface area contributed by atoms with Gasteiger partial charge in [-0.2, -0.15) is 0 Å². The lowest BCUT2D eigenvalue weighted by Crippen LogP contribution is -2.58. The first-order valence-electron chi connectivity index (χ1n) is 9.99. The normalized spacial score (nSPS) is 33.5. The van der Waals surface area contributed by atoms with Crippen molar-refractivity contribution in [3.05, 3.63) is 35.6 Å². The number of ether oxygens (including phenoxy) is 1. The Morgan fingerprint density at radius 3 is 2.54 bits per heavy atom. The van der Waals surface area contributed by atoms with Gasteiger partial charge in [0.2, 0.25) is 5.91 Å². The number of nitrogens with one attached hydrogen (secondary N) is 1. The maximum atomic E-state index is 13.9. The van der Waals surface area contributed by atoms with Gasteiger partial charge >= 0.3 is 0 Å². The van der Waals surface area contributed by atoms with E-state index in [2.05, 4.69) is 5.32 Å². The van der Waals surface area contributed by atoms with Crippen molar-refractivity contribution in [3.63, 3.8) is 0 Å². The number of fused-ring (bicyclic) bond motifs is 2. The molecule has 26 heavy (non-hydrogen) atoms. The molecular formula is C21H29FN2O2. The molecule has 1 heterocycles. The predicted molar refractivity (Wildman–Crippen MR) is 98.1 cm³/mol. The molecule has 3 N–H and O–H groups in total. The zero-order chi connectivity index (χ0) is 18.1. The highest BCUT2D eigenvalue weighted by atomic mass is 19.1. The molecule has 4 nitrogen and oxygen atoms in total. The summed E-state index contributed by atoms with van der Waals surface area (Å²) in [6, 6.07) is 7.00. The van der Waals surface area contributed by atoms with E-state index in [1.165, 1.54) is 18.6 Å². The van der Waals surface area contributed by atoms with Gasteiger partial charge in [0.25, 0.3) is 0 Å². The van der Waals surface area contributed by atoms with Crippen LogP contribution in [-0.2, 0) is 14.9 Å². The second kappa shape index (κ2) is 7.28. The summed E-state index contributed by atoms with van der Waals surface area (Å²) in [4.78, 5) is 13.5. The van der Waals surface area contributed by atoms with Crippen molar-refractivity contribution in [1.82, 2.24) is 5.32 Å². The molecule has 0 spiro atoms. The highest BCUT2D eigenvalue weighted by molar-refractivity contribution is 5.88. The average Bonchev–Trinajstić information content (AvgIpc) is 2.63. The van der Waals surface area contributed by atoms with Gasteiger partial charge in [-0.3, -0.25) is 4.79 Å². The van der Waals surface area contributed by atoms with Crippen molar-refractivity contribution < 1.29 is 13.9 Å². The lowest BCUT2D eigenvalue weighted by molar-refractivity contribution is -0.133.